The molecule has 4 rings (SSSR count). The number of hydrogen-bond acceptors (Lipinski definition) is 2. The molecule has 2 heterocycles. The highest BCUT2D eigenvalue weighted by Crippen LogP contribution is 2.31. The molecule has 0 bridgehead atoms. The normalized spacial score (nSPS) is 11.3. The van der Waals surface area contributed by atoms with E-state index in [1.807, 2.05) is 42.0 Å². The van der Waals surface area contributed by atoms with Crippen LogP contribution < -0.4 is 11.2 Å². The van der Waals surface area contributed by atoms with Crippen LogP contribution in [0.2, 0.25) is 0 Å². The van der Waals surface area contributed by atoms with Crippen molar-refractivity contribution >= 4 is 10.9 Å². The molecule has 0 spiro atoms. The quantitative estimate of drug-likeness (QED) is 0.551. The van der Waals surface area contributed by atoms with Crippen LogP contribution in [0.25, 0.3) is 27.8 Å². The zero-order valence-corrected chi connectivity index (χ0v) is 16.6. The van der Waals surface area contributed by atoms with Gasteiger partial charge in [0.15, 0.2) is 0 Å². The Kier molecular flexibility index (Phi) is 4.30. The van der Waals surface area contributed by atoms with Gasteiger partial charge in [-0.2, -0.15) is 0 Å². The fourth-order valence-electron chi connectivity index (χ4n) is 3.63. The predicted octanol–water partition coefficient (Wildman–Crippen LogP) is 3.57. The first-order chi connectivity index (χ1) is 13.4. The largest absolute Gasteiger partial charge is 0.330 e. The molecule has 28 heavy (non-hydrogen) atoms. The molecule has 0 amide bonds. The summed E-state index contributed by atoms with van der Waals surface area (Å²) in [4.78, 5) is 25.5. The van der Waals surface area contributed by atoms with Gasteiger partial charge in [-0.25, -0.2) is 4.79 Å². The van der Waals surface area contributed by atoms with Crippen molar-refractivity contribution in [3.05, 3.63) is 86.7 Å². The average Bonchev–Trinajstić information content (AvgIpc) is 3.12. The number of rotatable bonds is 3. The number of aryl methyl sites for hydroxylation is 3. The summed E-state index contributed by atoms with van der Waals surface area (Å²) < 4.78 is 4.71. The van der Waals surface area contributed by atoms with Crippen LogP contribution in [0.15, 0.2) is 64.3 Å². The van der Waals surface area contributed by atoms with E-state index in [9.17, 15) is 9.59 Å². The van der Waals surface area contributed by atoms with Crippen LogP contribution in [-0.2, 0) is 20.5 Å². The van der Waals surface area contributed by atoms with E-state index in [4.69, 9.17) is 0 Å². The molecule has 5 nitrogen and oxygen atoms in total. The SMILES string of the molecule is CCc1ccc(-n2cc3c(c2-c2ccc(C)cc2)c(=O)n(C)c(=O)n3C)cc1. The molecule has 0 unspecified atom stereocenters. The lowest BCUT2D eigenvalue weighted by Crippen LogP contribution is -2.36. The van der Waals surface area contributed by atoms with Gasteiger partial charge < -0.3 is 4.57 Å². The minimum absolute atomic E-state index is 0.280. The van der Waals surface area contributed by atoms with Crippen LogP contribution in [0.3, 0.4) is 0 Å². The standard InChI is InChI=1S/C23H23N3O2/c1-5-16-8-12-18(13-9-16)26-14-19-20(22(27)25(4)23(28)24(19)3)21(26)17-10-6-15(2)7-11-17/h6-14H,5H2,1-4H3. The minimum Gasteiger partial charge on any atom is -0.314 e. The Morgan fingerprint density at radius 2 is 1.50 bits per heavy atom. The highest BCUT2D eigenvalue weighted by atomic mass is 16.2. The Morgan fingerprint density at radius 3 is 2.11 bits per heavy atom. The van der Waals surface area contributed by atoms with Crippen molar-refractivity contribution in [1.29, 1.82) is 0 Å². The van der Waals surface area contributed by atoms with Gasteiger partial charge in [0, 0.05) is 26.0 Å². The van der Waals surface area contributed by atoms with Crippen molar-refractivity contribution in [2.45, 2.75) is 20.3 Å². The van der Waals surface area contributed by atoms with E-state index in [-0.39, 0.29) is 11.2 Å². The lowest BCUT2D eigenvalue weighted by Gasteiger charge is -2.11. The first-order valence-electron chi connectivity index (χ1n) is 9.39. The maximum absolute atomic E-state index is 13.0. The van der Waals surface area contributed by atoms with Gasteiger partial charge in [-0.05, 0) is 36.6 Å². The van der Waals surface area contributed by atoms with E-state index in [0.29, 0.717) is 10.9 Å². The van der Waals surface area contributed by atoms with E-state index in [2.05, 4.69) is 31.2 Å². The molecule has 142 valence electrons. The van der Waals surface area contributed by atoms with Gasteiger partial charge in [0.2, 0.25) is 0 Å². The maximum Gasteiger partial charge on any atom is 0.330 e. The summed E-state index contributed by atoms with van der Waals surface area (Å²) in [6.45, 7) is 4.16. The number of benzene rings is 2. The highest BCUT2D eigenvalue weighted by molar-refractivity contribution is 5.94. The Bertz CT molecular complexity index is 1290. The Hall–Kier alpha value is -3.34. The molecule has 0 aliphatic carbocycles. The molecule has 0 fully saturated rings. The number of fused-ring (bicyclic) bond motifs is 1. The summed E-state index contributed by atoms with van der Waals surface area (Å²) >= 11 is 0. The van der Waals surface area contributed by atoms with E-state index < -0.39 is 0 Å². The summed E-state index contributed by atoms with van der Waals surface area (Å²) in [6, 6.07) is 16.4. The van der Waals surface area contributed by atoms with Gasteiger partial charge in [-0.1, -0.05) is 48.9 Å². The summed E-state index contributed by atoms with van der Waals surface area (Å²) in [6.07, 6.45) is 2.85. The summed E-state index contributed by atoms with van der Waals surface area (Å²) in [5.74, 6) is 0. The average molecular weight is 373 g/mol. The number of nitrogens with zero attached hydrogens (tertiary/aromatic N) is 3. The van der Waals surface area contributed by atoms with E-state index in [1.165, 1.54) is 21.7 Å². The molecular weight excluding hydrogens is 350 g/mol. The Labute approximate surface area is 163 Å². The van der Waals surface area contributed by atoms with Gasteiger partial charge in [-0.3, -0.25) is 13.9 Å². The molecule has 4 aromatic rings. The van der Waals surface area contributed by atoms with E-state index in [0.717, 1.165) is 28.9 Å². The molecule has 0 aliphatic rings. The summed E-state index contributed by atoms with van der Waals surface area (Å²) in [5, 5.41) is 0.549. The first-order valence-corrected chi connectivity index (χ1v) is 9.39. The van der Waals surface area contributed by atoms with Gasteiger partial charge in [0.1, 0.15) is 0 Å². The van der Waals surface area contributed by atoms with Gasteiger partial charge >= 0.3 is 5.69 Å². The lowest BCUT2D eigenvalue weighted by molar-refractivity contribution is 0.714. The number of aromatic nitrogens is 3. The first kappa shape index (κ1) is 18.0. The molecule has 2 aromatic carbocycles. The topological polar surface area (TPSA) is 48.9 Å². The molecule has 0 atom stereocenters. The van der Waals surface area contributed by atoms with Crippen molar-refractivity contribution in [2.24, 2.45) is 14.1 Å². The predicted molar refractivity (Wildman–Crippen MR) is 113 cm³/mol. The summed E-state index contributed by atoms with van der Waals surface area (Å²) in [7, 11) is 3.23. The van der Waals surface area contributed by atoms with Gasteiger partial charge in [0.05, 0.1) is 16.6 Å². The van der Waals surface area contributed by atoms with Crippen molar-refractivity contribution < 1.29 is 0 Å². The molecule has 0 saturated heterocycles. The summed E-state index contributed by atoms with van der Waals surface area (Å²) in [5.41, 5.74) is 5.12. The second-order valence-electron chi connectivity index (χ2n) is 7.20. The highest BCUT2D eigenvalue weighted by Gasteiger charge is 2.20. The van der Waals surface area contributed by atoms with Crippen LogP contribution in [-0.4, -0.2) is 13.7 Å². The minimum atomic E-state index is -0.327. The van der Waals surface area contributed by atoms with Crippen molar-refractivity contribution in [3.8, 4) is 16.9 Å². The van der Waals surface area contributed by atoms with Gasteiger partial charge in [-0.15, -0.1) is 0 Å². The molecule has 5 heteroatoms. The third-order valence-electron chi connectivity index (χ3n) is 5.39. The monoisotopic (exact) mass is 373 g/mol. The molecule has 0 N–H and O–H groups in total. The Balaban J connectivity index is 2.14. The van der Waals surface area contributed by atoms with Crippen molar-refractivity contribution in [1.82, 2.24) is 13.7 Å². The zero-order chi connectivity index (χ0) is 20.0. The second-order valence-corrected chi connectivity index (χ2v) is 7.20. The van der Waals surface area contributed by atoms with Crippen LogP contribution in [0.1, 0.15) is 18.1 Å². The molecule has 0 saturated carbocycles. The third kappa shape index (κ3) is 2.71. The van der Waals surface area contributed by atoms with Crippen LogP contribution in [0.4, 0.5) is 0 Å². The van der Waals surface area contributed by atoms with E-state index >= 15 is 0 Å². The van der Waals surface area contributed by atoms with Crippen molar-refractivity contribution in [2.75, 3.05) is 0 Å². The van der Waals surface area contributed by atoms with Crippen LogP contribution >= 0.6 is 0 Å². The van der Waals surface area contributed by atoms with Crippen molar-refractivity contribution in [3.63, 3.8) is 0 Å². The zero-order valence-electron chi connectivity index (χ0n) is 16.6. The molecule has 2 aromatic heterocycles. The molecule has 0 aliphatic heterocycles. The third-order valence-corrected chi connectivity index (χ3v) is 5.39. The molecular formula is C23H23N3O2. The maximum atomic E-state index is 13.0. The van der Waals surface area contributed by atoms with Gasteiger partial charge in [0.25, 0.3) is 5.56 Å². The van der Waals surface area contributed by atoms with Crippen LogP contribution in [0.5, 0.6) is 0 Å². The second kappa shape index (κ2) is 6.68. The fourth-order valence-corrected chi connectivity index (χ4v) is 3.63. The smallest absolute Gasteiger partial charge is 0.314 e. The van der Waals surface area contributed by atoms with E-state index in [1.54, 1.807) is 7.05 Å². The number of hydrogen-bond donors (Lipinski definition) is 0. The fraction of sp³-hybridized carbons (Fsp3) is 0.217. The molecule has 0 radical (unpaired) electrons. The lowest BCUT2D eigenvalue weighted by atomic mass is 10.1. The Morgan fingerprint density at radius 1 is 0.857 bits per heavy atom. The van der Waals surface area contributed by atoms with Crippen LogP contribution in [0, 0.1) is 6.92 Å².